The highest BCUT2D eigenvalue weighted by atomic mass is 19.4. The van der Waals surface area contributed by atoms with Crippen molar-refractivity contribution in [3.63, 3.8) is 0 Å². The summed E-state index contributed by atoms with van der Waals surface area (Å²) in [5, 5.41) is 7.86. The van der Waals surface area contributed by atoms with Gasteiger partial charge in [-0.2, -0.15) is 18.3 Å². The van der Waals surface area contributed by atoms with E-state index in [2.05, 4.69) is 15.2 Å². The maximum atomic E-state index is 12.4. The molecule has 21 heavy (non-hydrogen) atoms. The van der Waals surface area contributed by atoms with Crippen LogP contribution >= 0.6 is 0 Å². The third-order valence-electron chi connectivity index (χ3n) is 2.52. The van der Waals surface area contributed by atoms with Crippen LogP contribution in [0.2, 0.25) is 0 Å². The number of esters is 1. The van der Waals surface area contributed by atoms with Gasteiger partial charge in [0.25, 0.3) is 0 Å². The van der Waals surface area contributed by atoms with Crippen LogP contribution in [-0.4, -0.2) is 32.6 Å². The van der Waals surface area contributed by atoms with E-state index in [1.54, 1.807) is 13.8 Å². The summed E-state index contributed by atoms with van der Waals surface area (Å²) in [6.45, 7) is 3.39. The quantitative estimate of drug-likeness (QED) is 0.812. The fourth-order valence-electron chi connectivity index (χ4n) is 1.55. The Balaban J connectivity index is 2.31. The number of carbonyl (C=O) groups is 1. The molecule has 0 unspecified atom stereocenters. The highest BCUT2D eigenvalue weighted by molar-refractivity contribution is 5.88. The van der Waals surface area contributed by atoms with Crippen LogP contribution in [0.1, 0.15) is 28.8 Å². The van der Waals surface area contributed by atoms with E-state index in [-0.39, 0.29) is 18.0 Å². The molecule has 2 aromatic heterocycles. The largest absolute Gasteiger partial charge is 0.461 e. The number of hydrogen-bond acceptors (Lipinski definition) is 5. The normalized spacial score (nSPS) is 11.5. The number of nitrogens with zero attached hydrogens (tertiary/aromatic N) is 4. The van der Waals surface area contributed by atoms with Crippen molar-refractivity contribution in [2.45, 2.75) is 20.0 Å². The van der Waals surface area contributed by atoms with Gasteiger partial charge in [-0.3, -0.25) is 0 Å². The molecular formula is C12H11F3N4O2. The molecule has 0 saturated heterocycles. The summed E-state index contributed by atoms with van der Waals surface area (Å²) in [6.07, 6.45) is -3.53. The molecule has 0 atom stereocenters. The summed E-state index contributed by atoms with van der Waals surface area (Å²) >= 11 is 0. The molecule has 0 saturated carbocycles. The van der Waals surface area contributed by atoms with E-state index in [1.165, 1.54) is 6.07 Å². The Labute approximate surface area is 117 Å². The van der Waals surface area contributed by atoms with E-state index in [9.17, 15) is 18.0 Å². The fraction of sp³-hybridized carbons (Fsp3) is 0.333. The molecular weight excluding hydrogens is 289 g/mol. The summed E-state index contributed by atoms with van der Waals surface area (Å²) in [7, 11) is 0. The zero-order chi connectivity index (χ0) is 15.6. The number of rotatable bonds is 3. The summed E-state index contributed by atoms with van der Waals surface area (Å²) in [5.74, 6) is -0.638. The molecule has 0 fully saturated rings. The summed E-state index contributed by atoms with van der Waals surface area (Å²) < 4.78 is 42.1. The van der Waals surface area contributed by atoms with Crippen molar-refractivity contribution in [3.8, 4) is 5.69 Å². The van der Waals surface area contributed by atoms with Crippen molar-refractivity contribution < 1.29 is 22.7 Å². The number of hydrogen-bond donors (Lipinski definition) is 0. The van der Waals surface area contributed by atoms with Crippen LogP contribution in [0, 0.1) is 6.92 Å². The van der Waals surface area contributed by atoms with E-state index in [0.29, 0.717) is 5.69 Å². The first-order valence-electron chi connectivity index (χ1n) is 5.97. The van der Waals surface area contributed by atoms with Gasteiger partial charge >= 0.3 is 12.1 Å². The first-order valence-corrected chi connectivity index (χ1v) is 5.97. The maximum Gasteiger partial charge on any atom is 0.433 e. The summed E-state index contributed by atoms with van der Waals surface area (Å²) in [6, 6.07) is 1.99. The molecule has 2 heterocycles. The second-order valence-electron chi connectivity index (χ2n) is 4.04. The zero-order valence-electron chi connectivity index (χ0n) is 11.2. The van der Waals surface area contributed by atoms with Crippen molar-refractivity contribution in [2.24, 2.45) is 0 Å². The standard InChI is InChI=1S/C12H11F3N4O2/c1-3-21-11(20)10-7(2)17-19(18-10)8-4-5-9(16-6-8)12(13,14)15/h4-6H,3H2,1-2H3. The number of alkyl halides is 3. The zero-order valence-corrected chi connectivity index (χ0v) is 11.2. The maximum absolute atomic E-state index is 12.4. The second kappa shape index (κ2) is 5.51. The van der Waals surface area contributed by atoms with Gasteiger partial charge in [0.15, 0.2) is 5.69 Å². The lowest BCUT2D eigenvalue weighted by atomic mass is 10.3. The second-order valence-corrected chi connectivity index (χ2v) is 4.04. The van der Waals surface area contributed by atoms with Crippen LogP contribution in [0.25, 0.3) is 5.69 Å². The highest BCUT2D eigenvalue weighted by Crippen LogP contribution is 2.27. The van der Waals surface area contributed by atoms with Gasteiger partial charge in [-0.15, -0.1) is 9.90 Å². The third kappa shape index (κ3) is 3.18. The molecule has 0 amide bonds. The molecule has 0 N–H and O–H groups in total. The van der Waals surface area contributed by atoms with Crippen LogP contribution < -0.4 is 0 Å². The van der Waals surface area contributed by atoms with E-state index < -0.39 is 17.8 Å². The Kier molecular flexibility index (Phi) is 3.92. The van der Waals surface area contributed by atoms with E-state index in [1.807, 2.05) is 0 Å². The molecule has 0 aliphatic carbocycles. The van der Waals surface area contributed by atoms with Crippen molar-refractivity contribution in [1.82, 2.24) is 20.0 Å². The minimum atomic E-state index is -4.51. The highest BCUT2D eigenvalue weighted by Gasteiger charge is 2.32. The number of aryl methyl sites for hydroxylation is 1. The van der Waals surface area contributed by atoms with E-state index in [0.717, 1.165) is 17.1 Å². The van der Waals surface area contributed by atoms with Crippen LogP contribution in [0.3, 0.4) is 0 Å². The van der Waals surface area contributed by atoms with E-state index >= 15 is 0 Å². The molecule has 2 aromatic rings. The molecule has 0 spiro atoms. The number of carbonyl (C=O) groups excluding carboxylic acids is 1. The van der Waals surface area contributed by atoms with Crippen LogP contribution in [-0.2, 0) is 10.9 Å². The molecule has 0 bridgehead atoms. The van der Waals surface area contributed by atoms with Gasteiger partial charge in [-0.05, 0) is 26.0 Å². The predicted molar refractivity (Wildman–Crippen MR) is 64.8 cm³/mol. The monoisotopic (exact) mass is 300 g/mol. The van der Waals surface area contributed by atoms with Gasteiger partial charge in [-0.1, -0.05) is 0 Å². The van der Waals surface area contributed by atoms with Gasteiger partial charge in [-0.25, -0.2) is 9.78 Å². The average molecular weight is 300 g/mol. The fourth-order valence-corrected chi connectivity index (χ4v) is 1.55. The molecule has 0 radical (unpaired) electrons. The number of ether oxygens (including phenoxy) is 1. The van der Waals surface area contributed by atoms with Gasteiger partial charge in [0, 0.05) is 0 Å². The summed E-state index contributed by atoms with van der Waals surface area (Å²) in [4.78, 5) is 15.9. The molecule has 0 aliphatic rings. The minimum Gasteiger partial charge on any atom is -0.461 e. The lowest BCUT2D eigenvalue weighted by molar-refractivity contribution is -0.141. The van der Waals surface area contributed by atoms with Gasteiger partial charge in [0.05, 0.1) is 18.5 Å². The minimum absolute atomic E-state index is 0.0109. The lowest BCUT2D eigenvalue weighted by Crippen LogP contribution is -2.09. The smallest absolute Gasteiger partial charge is 0.433 e. The number of halogens is 3. The molecule has 112 valence electrons. The number of aromatic nitrogens is 4. The predicted octanol–water partition coefficient (Wildman–Crippen LogP) is 2.17. The first kappa shape index (κ1) is 14.9. The van der Waals surface area contributed by atoms with Crippen LogP contribution in [0.5, 0.6) is 0 Å². The van der Waals surface area contributed by atoms with Crippen LogP contribution in [0.4, 0.5) is 13.2 Å². The number of pyridine rings is 1. The Morgan fingerprint density at radius 1 is 1.33 bits per heavy atom. The first-order chi connectivity index (χ1) is 9.82. The average Bonchev–Trinajstić information content (AvgIpc) is 2.80. The third-order valence-corrected chi connectivity index (χ3v) is 2.52. The topological polar surface area (TPSA) is 69.9 Å². The SMILES string of the molecule is CCOC(=O)c1nn(-c2ccc(C(F)(F)F)nc2)nc1C. The molecule has 2 rings (SSSR count). The van der Waals surface area contributed by atoms with Crippen molar-refractivity contribution in [1.29, 1.82) is 0 Å². The van der Waals surface area contributed by atoms with Gasteiger partial charge in [0.2, 0.25) is 0 Å². The Hall–Kier alpha value is -2.45. The Morgan fingerprint density at radius 3 is 2.57 bits per heavy atom. The van der Waals surface area contributed by atoms with Crippen molar-refractivity contribution in [2.75, 3.05) is 6.61 Å². The van der Waals surface area contributed by atoms with Gasteiger partial charge < -0.3 is 4.74 Å². The van der Waals surface area contributed by atoms with Crippen molar-refractivity contribution >= 4 is 5.97 Å². The lowest BCUT2D eigenvalue weighted by Gasteiger charge is -2.05. The van der Waals surface area contributed by atoms with Crippen molar-refractivity contribution in [3.05, 3.63) is 35.4 Å². The summed E-state index contributed by atoms with van der Waals surface area (Å²) in [5.41, 5.74) is -0.479. The Bertz CT molecular complexity index is 650. The van der Waals surface area contributed by atoms with Gasteiger partial charge in [0.1, 0.15) is 11.4 Å². The Morgan fingerprint density at radius 2 is 2.05 bits per heavy atom. The molecule has 6 nitrogen and oxygen atoms in total. The molecule has 9 heteroatoms. The van der Waals surface area contributed by atoms with Crippen LogP contribution in [0.15, 0.2) is 18.3 Å². The molecule has 0 aromatic carbocycles. The van der Waals surface area contributed by atoms with E-state index in [4.69, 9.17) is 4.74 Å². The molecule has 0 aliphatic heterocycles.